The van der Waals surface area contributed by atoms with Crippen molar-refractivity contribution in [1.29, 1.82) is 0 Å². The second kappa shape index (κ2) is 5.25. The van der Waals surface area contributed by atoms with Gasteiger partial charge in [-0.05, 0) is 5.41 Å². The summed E-state index contributed by atoms with van der Waals surface area (Å²) in [5, 5.41) is 0. The van der Waals surface area contributed by atoms with Gasteiger partial charge in [-0.3, -0.25) is 0 Å². The van der Waals surface area contributed by atoms with Crippen LogP contribution >= 0.6 is 0 Å². The molecule has 0 saturated heterocycles. The second-order valence-corrected chi connectivity index (χ2v) is 4.43. The summed E-state index contributed by atoms with van der Waals surface area (Å²) < 4.78 is 0. The average Bonchev–Trinajstić information content (AvgIpc) is 2.27. The van der Waals surface area contributed by atoms with E-state index in [0.717, 1.165) is 5.57 Å². The van der Waals surface area contributed by atoms with Gasteiger partial charge in [-0.25, -0.2) is 0 Å². The van der Waals surface area contributed by atoms with Crippen molar-refractivity contribution in [3.8, 4) is 0 Å². The minimum atomic E-state index is 0.391. The van der Waals surface area contributed by atoms with E-state index in [9.17, 15) is 0 Å². The van der Waals surface area contributed by atoms with Crippen LogP contribution in [0.5, 0.6) is 0 Å². The first-order valence-electron chi connectivity index (χ1n) is 6.11. The molecule has 1 aliphatic rings. The molecule has 0 spiro atoms. The van der Waals surface area contributed by atoms with Crippen LogP contribution in [0.15, 0.2) is 36.0 Å². The molecule has 0 aliphatic heterocycles. The zero-order chi connectivity index (χ0) is 11.3. The van der Waals surface area contributed by atoms with E-state index < -0.39 is 0 Å². The van der Waals surface area contributed by atoms with Gasteiger partial charge >= 0.3 is 0 Å². The lowest BCUT2D eigenvalue weighted by Gasteiger charge is -2.38. The van der Waals surface area contributed by atoms with Crippen molar-refractivity contribution in [2.75, 3.05) is 0 Å². The molecule has 0 radical (unpaired) electrons. The van der Waals surface area contributed by atoms with Crippen molar-refractivity contribution < 1.29 is 0 Å². The molecule has 0 aromatic carbocycles. The average molecular weight is 203 g/mol. The quantitative estimate of drug-likeness (QED) is 0.560. The van der Waals surface area contributed by atoms with Gasteiger partial charge in [-0.15, -0.1) is 30.2 Å². The zero-order valence-electron chi connectivity index (χ0n) is 10.3. The summed E-state index contributed by atoms with van der Waals surface area (Å²) in [6, 6.07) is 0. The summed E-state index contributed by atoms with van der Waals surface area (Å²) in [7, 11) is 0. The maximum Gasteiger partial charge on any atom is -0.0392 e. The van der Waals surface area contributed by atoms with Gasteiger partial charge in [-0.1, -0.05) is 46.5 Å². The molecular formula is C15H23-. The van der Waals surface area contributed by atoms with Gasteiger partial charge < -0.3 is 0 Å². The zero-order valence-corrected chi connectivity index (χ0v) is 10.3. The van der Waals surface area contributed by atoms with Crippen LogP contribution in [0.4, 0.5) is 0 Å². The Morgan fingerprint density at radius 3 is 2.27 bits per heavy atom. The van der Waals surface area contributed by atoms with Crippen molar-refractivity contribution in [1.82, 2.24) is 0 Å². The standard InChI is InChI=1S/C15H23/c1-5-12-15(6-2,7-3)14-10-8-13(4)9-11-14/h8-11H,4-7,12H2,1-3H3/q-1. The normalized spacial score (nSPS) is 16.2. The van der Waals surface area contributed by atoms with Crippen molar-refractivity contribution >= 4 is 0 Å². The van der Waals surface area contributed by atoms with Crippen LogP contribution < -0.4 is 0 Å². The van der Waals surface area contributed by atoms with E-state index in [2.05, 4.69) is 52.0 Å². The lowest BCUT2D eigenvalue weighted by atomic mass is 9.70. The summed E-state index contributed by atoms with van der Waals surface area (Å²) in [5.41, 5.74) is 2.99. The van der Waals surface area contributed by atoms with Crippen LogP contribution in [0.25, 0.3) is 0 Å². The largest absolute Gasteiger partial charge is 0.171 e. The van der Waals surface area contributed by atoms with E-state index in [1.165, 1.54) is 31.3 Å². The number of hydrogen-bond acceptors (Lipinski definition) is 0. The van der Waals surface area contributed by atoms with Gasteiger partial charge in [0.2, 0.25) is 0 Å². The maximum absolute atomic E-state index is 3.94. The first-order valence-corrected chi connectivity index (χ1v) is 6.11. The summed E-state index contributed by atoms with van der Waals surface area (Å²) in [5.74, 6) is 0. The predicted octanol–water partition coefficient (Wildman–Crippen LogP) is 4.85. The molecule has 0 aromatic heterocycles. The van der Waals surface area contributed by atoms with Gasteiger partial charge in [0, 0.05) is 0 Å². The van der Waals surface area contributed by atoms with Crippen LogP contribution in [0.3, 0.4) is 0 Å². The van der Waals surface area contributed by atoms with Crippen LogP contribution in [0.2, 0.25) is 0 Å². The summed E-state index contributed by atoms with van der Waals surface area (Å²) >= 11 is 0. The third-order valence-corrected chi connectivity index (χ3v) is 3.65. The Morgan fingerprint density at radius 2 is 1.87 bits per heavy atom. The highest BCUT2D eigenvalue weighted by molar-refractivity contribution is 5.44. The highest BCUT2D eigenvalue weighted by atomic mass is 14.3. The molecule has 15 heavy (non-hydrogen) atoms. The summed E-state index contributed by atoms with van der Waals surface area (Å²) in [4.78, 5) is 0. The fraction of sp³-hybridized carbons (Fsp3) is 0.533. The maximum atomic E-state index is 3.94. The Kier molecular flexibility index (Phi) is 4.26. The Labute approximate surface area is 94.8 Å². The first-order chi connectivity index (χ1) is 7.18. The molecule has 0 amide bonds. The molecule has 1 rings (SSSR count). The third-order valence-electron chi connectivity index (χ3n) is 3.65. The minimum absolute atomic E-state index is 0.391. The van der Waals surface area contributed by atoms with E-state index in [1.807, 2.05) is 0 Å². The fourth-order valence-corrected chi connectivity index (χ4v) is 2.49. The SMILES string of the molecule is C=C1C=CC(C(CC)(CC)CCC)=C[CH-]1. The molecule has 0 aromatic rings. The summed E-state index contributed by atoms with van der Waals surface area (Å²) in [6.07, 6.45) is 13.8. The third kappa shape index (κ3) is 2.56. The second-order valence-electron chi connectivity index (χ2n) is 4.43. The van der Waals surface area contributed by atoms with E-state index in [4.69, 9.17) is 0 Å². The molecular weight excluding hydrogens is 180 g/mol. The fourth-order valence-electron chi connectivity index (χ4n) is 2.49. The molecule has 0 heteroatoms. The van der Waals surface area contributed by atoms with Crippen molar-refractivity contribution in [3.05, 3.63) is 42.4 Å². The number of allylic oxidation sites excluding steroid dienone is 5. The highest BCUT2D eigenvalue weighted by Crippen LogP contribution is 2.41. The number of hydrogen-bond donors (Lipinski definition) is 0. The van der Waals surface area contributed by atoms with Crippen LogP contribution in [-0.4, -0.2) is 0 Å². The Hall–Kier alpha value is -0.910. The van der Waals surface area contributed by atoms with Gasteiger partial charge in [0.05, 0.1) is 0 Å². The molecule has 0 N–H and O–H groups in total. The van der Waals surface area contributed by atoms with Crippen molar-refractivity contribution in [2.45, 2.75) is 46.5 Å². The van der Waals surface area contributed by atoms with Crippen molar-refractivity contribution in [3.63, 3.8) is 0 Å². The van der Waals surface area contributed by atoms with Crippen LogP contribution in [-0.2, 0) is 0 Å². The Morgan fingerprint density at radius 1 is 1.20 bits per heavy atom. The topological polar surface area (TPSA) is 0 Å². The molecule has 0 atom stereocenters. The molecule has 0 unspecified atom stereocenters. The van der Waals surface area contributed by atoms with E-state index in [1.54, 1.807) is 0 Å². The molecule has 0 nitrogen and oxygen atoms in total. The lowest BCUT2D eigenvalue weighted by Crippen LogP contribution is -2.21. The van der Waals surface area contributed by atoms with Gasteiger partial charge in [0.15, 0.2) is 0 Å². The first kappa shape index (κ1) is 12.2. The number of rotatable bonds is 5. The molecule has 84 valence electrons. The monoisotopic (exact) mass is 203 g/mol. The molecule has 0 fully saturated rings. The molecule has 0 heterocycles. The predicted molar refractivity (Wildman–Crippen MR) is 68.6 cm³/mol. The van der Waals surface area contributed by atoms with E-state index in [0.29, 0.717) is 5.41 Å². The highest BCUT2D eigenvalue weighted by Gasteiger charge is 2.25. The van der Waals surface area contributed by atoms with Gasteiger partial charge in [0.25, 0.3) is 0 Å². The molecule has 1 aliphatic carbocycles. The van der Waals surface area contributed by atoms with E-state index >= 15 is 0 Å². The molecule has 0 saturated carbocycles. The van der Waals surface area contributed by atoms with Gasteiger partial charge in [-0.2, -0.15) is 12.2 Å². The van der Waals surface area contributed by atoms with E-state index in [-0.39, 0.29) is 0 Å². The Bertz CT molecular complexity index is 274. The lowest BCUT2D eigenvalue weighted by molar-refractivity contribution is 0.304. The van der Waals surface area contributed by atoms with Crippen molar-refractivity contribution in [2.24, 2.45) is 5.41 Å². The summed E-state index contributed by atoms with van der Waals surface area (Å²) in [6.45, 7) is 10.8. The van der Waals surface area contributed by atoms with Crippen LogP contribution in [0, 0.1) is 11.8 Å². The smallest absolute Gasteiger partial charge is 0.0392 e. The minimum Gasteiger partial charge on any atom is -0.171 e. The molecule has 0 bridgehead atoms. The van der Waals surface area contributed by atoms with Crippen LogP contribution in [0.1, 0.15) is 46.5 Å². The Balaban J connectivity index is 2.89. The van der Waals surface area contributed by atoms with Gasteiger partial charge in [0.1, 0.15) is 0 Å².